The number of nitrogens with zero attached hydrogens (tertiary/aromatic N) is 2. The fourth-order valence-electron chi connectivity index (χ4n) is 1.94. The molecule has 0 aliphatic carbocycles. The number of hydrogen-bond donors (Lipinski definition) is 0. The average molecular weight is 380 g/mol. The van der Waals surface area contributed by atoms with Crippen LogP contribution in [0.2, 0.25) is 0 Å². The average Bonchev–Trinajstić information content (AvgIpc) is 2.45. The van der Waals surface area contributed by atoms with Crippen LogP contribution in [0.15, 0.2) is 48.8 Å². The van der Waals surface area contributed by atoms with E-state index in [0.29, 0.717) is 6.54 Å². The van der Waals surface area contributed by atoms with Gasteiger partial charge in [-0.3, -0.25) is 9.78 Å². The maximum atomic E-state index is 12.6. The predicted molar refractivity (Wildman–Crippen MR) is 88.4 cm³/mol. The summed E-state index contributed by atoms with van der Waals surface area (Å²) in [6.07, 6.45) is 3.54. The molecule has 1 aromatic heterocycles. The minimum absolute atomic E-state index is 0.0558. The SMILES string of the molecule is CC(C)N(Cc1cccnc1)C(=O)c1ccc(I)cc1. The minimum atomic E-state index is 0.0558. The standard InChI is InChI=1S/C16H17IN2O/c1-12(2)19(11-13-4-3-9-18-10-13)16(20)14-5-7-15(17)8-6-14/h3-10,12H,11H2,1-2H3. The number of benzene rings is 1. The molecule has 104 valence electrons. The van der Waals surface area contributed by atoms with E-state index in [9.17, 15) is 4.79 Å². The Labute approximate surface area is 133 Å². The molecule has 1 heterocycles. The molecule has 20 heavy (non-hydrogen) atoms. The Hall–Kier alpha value is -1.43. The lowest BCUT2D eigenvalue weighted by atomic mass is 10.1. The summed E-state index contributed by atoms with van der Waals surface area (Å²) in [6.45, 7) is 4.64. The first-order valence-corrected chi connectivity index (χ1v) is 7.61. The molecule has 0 bridgehead atoms. The molecule has 0 unspecified atom stereocenters. The third-order valence-corrected chi connectivity index (χ3v) is 3.77. The van der Waals surface area contributed by atoms with Gasteiger partial charge in [-0.05, 0) is 72.3 Å². The normalized spacial score (nSPS) is 10.6. The Bertz CT molecular complexity index is 567. The van der Waals surface area contributed by atoms with Gasteiger partial charge < -0.3 is 4.90 Å². The Balaban J connectivity index is 2.20. The van der Waals surface area contributed by atoms with Crippen LogP contribution in [-0.2, 0) is 6.54 Å². The van der Waals surface area contributed by atoms with Gasteiger partial charge in [-0.25, -0.2) is 0 Å². The first kappa shape index (κ1) is 15.0. The van der Waals surface area contributed by atoms with Crippen molar-refractivity contribution in [1.29, 1.82) is 0 Å². The summed E-state index contributed by atoms with van der Waals surface area (Å²) in [5.74, 6) is 0.0558. The summed E-state index contributed by atoms with van der Waals surface area (Å²) >= 11 is 2.24. The predicted octanol–water partition coefficient (Wildman–Crippen LogP) is 3.74. The number of hydrogen-bond acceptors (Lipinski definition) is 2. The van der Waals surface area contributed by atoms with Crippen molar-refractivity contribution in [3.05, 3.63) is 63.5 Å². The first-order chi connectivity index (χ1) is 9.58. The third-order valence-electron chi connectivity index (χ3n) is 3.05. The van der Waals surface area contributed by atoms with Gasteiger partial charge in [0.2, 0.25) is 0 Å². The number of amides is 1. The first-order valence-electron chi connectivity index (χ1n) is 6.53. The van der Waals surface area contributed by atoms with Gasteiger partial charge in [-0.1, -0.05) is 6.07 Å². The molecule has 0 saturated heterocycles. The third kappa shape index (κ3) is 3.79. The van der Waals surface area contributed by atoms with Crippen molar-refractivity contribution in [2.45, 2.75) is 26.4 Å². The van der Waals surface area contributed by atoms with Gasteiger partial charge in [0.25, 0.3) is 5.91 Å². The van der Waals surface area contributed by atoms with E-state index in [0.717, 1.165) is 14.7 Å². The molecule has 0 spiro atoms. The van der Waals surface area contributed by atoms with Crippen LogP contribution < -0.4 is 0 Å². The van der Waals surface area contributed by atoms with Crippen molar-refractivity contribution in [2.75, 3.05) is 0 Å². The minimum Gasteiger partial charge on any atom is -0.332 e. The highest BCUT2D eigenvalue weighted by Crippen LogP contribution is 2.14. The van der Waals surface area contributed by atoms with E-state index < -0.39 is 0 Å². The van der Waals surface area contributed by atoms with Gasteiger partial charge in [0.15, 0.2) is 0 Å². The summed E-state index contributed by atoms with van der Waals surface area (Å²) in [6, 6.07) is 11.7. The summed E-state index contributed by atoms with van der Waals surface area (Å²) in [7, 11) is 0. The topological polar surface area (TPSA) is 33.2 Å². The van der Waals surface area contributed by atoms with Gasteiger partial charge in [-0.2, -0.15) is 0 Å². The zero-order valence-corrected chi connectivity index (χ0v) is 13.7. The molecule has 2 aromatic rings. The fourth-order valence-corrected chi connectivity index (χ4v) is 2.30. The molecule has 0 atom stereocenters. The smallest absolute Gasteiger partial charge is 0.254 e. The summed E-state index contributed by atoms with van der Waals surface area (Å²) in [4.78, 5) is 18.6. The lowest BCUT2D eigenvalue weighted by molar-refractivity contribution is 0.0690. The van der Waals surface area contributed by atoms with Crippen molar-refractivity contribution in [1.82, 2.24) is 9.88 Å². The number of pyridine rings is 1. The molecule has 2 rings (SSSR count). The van der Waals surface area contributed by atoms with Gasteiger partial charge in [0.05, 0.1) is 0 Å². The molecule has 0 radical (unpaired) electrons. The monoisotopic (exact) mass is 380 g/mol. The van der Waals surface area contributed by atoms with Gasteiger partial charge in [0.1, 0.15) is 0 Å². The highest BCUT2D eigenvalue weighted by Gasteiger charge is 2.18. The lowest BCUT2D eigenvalue weighted by Crippen LogP contribution is -2.36. The molecule has 1 amide bonds. The number of halogens is 1. The molecule has 0 N–H and O–H groups in total. The highest BCUT2D eigenvalue weighted by molar-refractivity contribution is 14.1. The quantitative estimate of drug-likeness (QED) is 0.758. The number of carbonyl (C=O) groups is 1. The van der Waals surface area contributed by atoms with Crippen LogP contribution in [-0.4, -0.2) is 21.8 Å². The lowest BCUT2D eigenvalue weighted by Gasteiger charge is -2.27. The summed E-state index contributed by atoms with van der Waals surface area (Å²) < 4.78 is 1.13. The Morgan fingerprint density at radius 3 is 2.50 bits per heavy atom. The molecular weight excluding hydrogens is 363 g/mol. The zero-order chi connectivity index (χ0) is 14.5. The van der Waals surface area contributed by atoms with Crippen LogP contribution in [0.4, 0.5) is 0 Å². The van der Waals surface area contributed by atoms with Crippen LogP contribution in [0.1, 0.15) is 29.8 Å². The Kier molecular flexibility index (Phi) is 5.11. The molecule has 0 aliphatic rings. The van der Waals surface area contributed by atoms with Crippen LogP contribution >= 0.6 is 22.6 Å². The molecule has 3 nitrogen and oxygen atoms in total. The highest BCUT2D eigenvalue weighted by atomic mass is 127. The number of carbonyl (C=O) groups excluding carboxylic acids is 1. The van der Waals surface area contributed by atoms with E-state index in [-0.39, 0.29) is 11.9 Å². The van der Waals surface area contributed by atoms with Crippen LogP contribution in [0.3, 0.4) is 0 Å². The van der Waals surface area contributed by atoms with Crippen LogP contribution in [0.25, 0.3) is 0 Å². The number of rotatable bonds is 4. The van der Waals surface area contributed by atoms with E-state index in [1.807, 2.05) is 55.1 Å². The van der Waals surface area contributed by atoms with Gasteiger partial charge >= 0.3 is 0 Å². The largest absolute Gasteiger partial charge is 0.332 e. The maximum absolute atomic E-state index is 12.6. The van der Waals surface area contributed by atoms with Crippen molar-refractivity contribution in [2.24, 2.45) is 0 Å². The van der Waals surface area contributed by atoms with Crippen LogP contribution in [0.5, 0.6) is 0 Å². The molecular formula is C16H17IN2O. The van der Waals surface area contributed by atoms with E-state index in [4.69, 9.17) is 0 Å². The second kappa shape index (κ2) is 6.83. The maximum Gasteiger partial charge on any atom is 0.254 e. The van der Waals surface area contributed by atoms with Gasteiger partial charge in [0, 0.05) is 34.1 Å². The second-order valence-electron chi connectivity index (χ2n) is 4.89. The van der Waals surface area contributed by atoms with Crippen molar-refractivity contribution < 1.29 is 4.79 Å². The molecule has 4 heteroatoms. The summed E-state index contributed by atoms with van der Waals surface area (Å²) in [5.41, 5.74) is 1.77. The zero-order valence-electron chi connectivity index (χ0n) is 11.6. The molecule has 0 fully saturated rings. The Morgan fingerprint density at radius 1 is 1.25 bits per heavy atom. The Morgan fingerprint density at radius 2 is 1.95 bits per heavy atom. The second-order valence-corrected chi connectivity index (χ2v) is 6.14. The van der Waals surface area contributed by atoms with Gasteiger partial charge in [-0.15, -0.1) is 0 Å². The number of aromatic nitrogens is 1. The summed E-state index contributed by atoms with van der Waals surface area (Å²) in [5, 5.41) is 0. The van der Waals surface area contributed by atoms with E-state index in [1.54, 1.807) is 12.4 Å². The van der Waals surface area contributed by atoms with E-state index in [1.165, 1.54) is 0 Å². The van der Waals surface area contributed by atoms with Crippen LogP contribution in [0, 0.1) is 3.57 Å². The fraction of sp³-hybridized carbons (Fsp3) is 0.250. The van der Waals surface area contributed by atoms with E-state index >= 15 is 0 Å². The van der Waals surface area contributed by atoms with Crippen molar-refractivity contribution in [3.8, 4) is 0 Å². The van der Waals surface area contributed by atoms with E-state index in [2.05, 4.69) is 27.6 Å². The van der Waals surface area contributed by atoms with Crippen molar-refractivity contribution >= 4 is 28.5 Å². The molecule has 0 aliphatic heterocycles. The van der Waals surface area contributed by atoms with Crippen molar-refractivity contribution in [3.63, 3.8) is 0 Å². The molecule has 1 aromatic carbocycles. The molecule has 0 saturated carbocycles.